The van der Waals surface area contributed by atoms with Gasteiger partial charge in [-0.1, -0.05) is 56.2 Å². The number of ether oxygens (including phenoxy) is 1. The Morgan fingerprint density at radius 2 is 1.79 bits per heavy atom. The van der Waals surface area contributed by atoms with E-state index in [0.717, 1.165) is 17.6 Å². The fourth-order valence-electron chi connectivity index (χ4n) is 3.84. The largest absolute Gasteiger partial charge is 0.479 e. The van der Waals surface area contributed by atoms with E-state index in [9.17, 15) is 0 Å². The molecular formula is C25H24N2O. The predicted octanol–water partition coefficient (Wildman–Crippen LogP) is 6.62. The summed E-state index contributed by atoms with van der Waals surface area (Å²) in [5.41, 5.74) is 5.05. The molecule has 0 fully saturated rings. The zero-order valence-electron chi connectivity index (χ0n) is 16.2. The molecule has 0 bridgehead atoms. The Hall–Kier alpha value is -3.25. The number of aryl methyl sites for hydroxylation is 1. The fraction of sp³-hybridized carbons (Fsp3) is 0.240. The van der Waals surface area contributed by atoms with Crippen molar-refractivity contribution in [1.82, 2.24) is 4.98 Å². The highest BCUT2D eigenvalue weighted by Gasteiger charge is 2.13. The van der Waals surface area contributed by atoms with Crippen LogP contribution < -0.4 is 4.74 Å². The second-order valence-electron chi connectivity index (χ2n) is 7.15. The van der Waals surface area contributed by atoms with Crippen LogP contribution in [-0.4, -0.2) is 11.6 Å². The Morgan fingerprint density at radius 1 is 0.964 bits per heavy atom. The molecular weight excluding hydrogens is 344 g/mol. The van der Waals surface area contributed by atoms with E-state index in [-0.39, 0.29) is 6.61 Å². The average molecular weight is 368 g/mol. The van der Waals surface area contributed by atoms with E-state index in [0.29, 0.717) is 0 Å². The molecule has 1 aromatic heterocycles. The van der Waals surface area contributed by atoms with Gasteiger partial charge >= 0.3 is 0 Å². The van der Waals surface area contributed by atoms with Gasteiger partial charge in [-0.2, -0.15) is 5.26 Å². The number of unbranched alkanes of at least 4 members (excludes halogenated alkanes) is 2. The highest BCUT2D eigenvalue weighted by atomic mass is 16.5. The van der Waals surface area contributed by atoms with Crippen molar-refractivity contribution in [2.75, 3.05) is 6.61 Å². The lowest BCUT2D eigenvalue weighted by molar-refractivity contribution is 0.368. The van der Waals surface area contributed by atoms with E-state index < -0.39 is 0 Å². The van der Waals surface area contributed by atoms with Crippen LogP contribution in [0.2, 0.25) is 0 Å². The first kappa shape index (κ1) is 18.1. The normalized spacial score (nSPS) is 11.0. The second kappa shape index (κ2) is 8.19. The molecule has 4 aromatic rings. The molecule has 0 amide bonds. The number of para-hydroxylation sites is 1. The van der Waals surface area contributed by atoms with E-state index in [1.807, 2.05) is 18.2 Å². The van der Waals surface area contributed by atoms with Gasteiger partial charge in [-0.25, -0.2) is 0 Å². The third-order valence-corrected chi connectivity index (χ3v) is 5.25. The SMILES string of the molecule is CCCCCc1c(-c2ccc3cc(OCC#N)ccc3c2)[nH]c2ccccc12. The van der Waals surface area contributed by atoms with Gasteiger partial charge in [-0.3, -0.25) is 0 Å². The van der Waals surface area contributed by atoms with Crippen molar-refractivity contribution in [2.24, 2.45) is 0 Å². The fourth-order valence-corrected chi connectivity index (χ4v) is 3.84. The van der Waals surface area contributed by atoms with Crippen molar-refractivity contribution in [3.63, 3.8) is 0 Å². The van der Waals surface area contributed by atoms with Crippen LogP contribution in [0, 0.1) is 11.3 Å². The summed E-state index contributed by atoms with van der Waals surface area (Å²) in [7, 11) is 0. The molecule has 1 N–H and O–H groups in total. The topological polar surface area (TPSA) is 48.8 Å². The number of aromatic nitrogens is 1. The first-order valence-corrected chi connectivity index (χ1v) is 9.93. The number of nitrogens with one attached hydrogen (secondary N) is 1. The van der Waals surface area contributed by atoms with E-state index in [1.165, 1.54) is 52.4 Å². The molecule has 0 saturated carbocycles. The molecule has 1 heterocycles. The summed E-state index contributed by atoms with van der Waals surface area (Å²) in [4.78, 5) is 3.65. The summed E-state index contributed by atoms with van der Waals surface area (Å²) in [6.07, 6.45) is 4.77. The minimum atomic E-state index is 0.0692. The number of aromatic amines is 1. The second-order valence-corrected chi connectivity index (χ2v) is 7.15. The number of H-pyrrole nitrogens is 1. The predicted molar refractivity (Wildman–Crippen MR) is 116 cm³/mol. The molecule has 0 aliphatic carbocycles. The van der Waals surface area contributed by atoms with Crippen LogP contribution in [0.5, 0.6) is 5.75 Å². The molecule has 0 radical (unpaired) electrons. The highest BCUT2D eigenvalue weighted by molar-refractivity contribution is 5.94. The maximum Gasteiger partial charge on any atom is 0.174 e. The van der Waals surface area contributed by atoms with Crippen molar-refractivity contribution in [1.29, 1.82) is 5.26 Å². The molecule has 0 spiro atoms. The van der Waals surface area contributed by atoms with Crippen LogP contribution in [0.4, 0.5) is 0 Å². The van der Waals surface area contributed by atoms with Gasteiger partial charge in [0.05, 0.1) is 0 Å². The molecule has 3 aromatic carbocycles. The number of hydrogen-bond donors (Lipinski definition) is 1. The summed E-state index contributed by atoms with van der Waals surface area (Å²) < 4.78 is 5.42. The van der Waals surface area contributed by atoms with Gasteiger partial charge in [0.1, 0.15) is 11.8 Å². The monoisotopic (exact) mass is 368 g/mol. The van der Waals surface area contributed by atoms with E-state index in [4.69, 9.17) is 10.00 Å². The van der Waals surface area contributed by atoms with Crippen LogP contribution in [-0.2, 0) is 6.42 Å². The van der Waals surface area contributed by atoms with Crippen molar-refractivity contribution in [3.8, 4) is 23.1 Å². The van der Waals surface area contributed by atoms with Gasteiger partial charge in [0.25, 0.3) is 0 Å². The molecule has 0 aliphatic rings. The van der Waals surface area contributed by atoms with Crippen molar-refractivity contribution in [2.45, 2.75) is 32.6 Å². The van der Waals surface area contributed by atoms with Crippen molar-refractivity contribution < 1.29 is 4.74 Å². The van der Waals surface area contributed by atoms with Gasteiger partial charge in [0, 0.05) is 16.6 Å². The number of hydrogen-bond acceptors (Lipinski definition) is 2. The van der Waals surface area contributed by atoms with Crippen LogP contribution in [0.3, 0.4) is 0 Å². The standard InChI is InChI=1S/C25H24N2O/c1-2-3-4-8-23-22-7-5-6-9-24(22)27-25(23)20-11-10-19-17-21(28-15-14-26)13-12-18(19)16-20/h5-7,9-13,16-17,27H,2-4,8,15H2,1H3. The average Bonchev–Trinajstić information content (AvgIpc) is 3.10. The molecule has 0 atom stereocenters. The number of fused-ring (bicyclic) bond motifs is 2. The zero-order chi connectivity index (χ0) is 19.3. The Kier molecular flexibility index (Phi) is 5.30. The first-order valence-electron chi connectivity index (χ1n) is 9.93. The number of rotatable bonds is 7. The molecule has 3 heteroatoms. The molecule has 0 aliphatic heterocycles. The summed E-state index contributed by atoms with van der Waals surface area (Å²) in [5, 5.41) is 12.3. The lowest BCUT2D eigenvalue weighted by Gasteiger charge is -2.08. The van der Waals surface area contributed by atoms with Crippen molar-refractivity contribution >= 4 is 21.7 Å². The summed E-state index contributed by atoms with van der Waals surface area (Å²) in [6.45, 7) is 2.31. The Balaban J connectivity index is 1.75. The van der Waals surface area contributed by atoms with E-state index >= 15 is 0 Å². The third-order valence-electron chi connectivity index (χ3n) is 5.25. The maximum absolute atomic E-state index is 8.69. The highest BCUT2D eigenvalue weighted by Crippen LogP contribution is 2.34. The summed E-state index contributed by atoms with van der Waals surface area (Å²) in [5.74, 6) is 0.729. The Labute approximate surface area is 165 Å². The number of nitrogens with zero attached hydrogens (tertiary/aromatic N) is 1. The molecule has 0 unspecified atom stereocenters. The minimum absolute atomic E-state index is 0.0692. The number of benzene rings is 3. The van der Waals surface area contributed by atoms with Crippen LogP contribution >= 0.6 is 0 Å². The molecule has 0 saturated heterocycles. The van der Waals surface area contributed by atoms with Crippen LogP contribution in [0.25, 0.3) is 32.9 Å². The molecule has 28 heavy (non-hydrogen) atoms. The first-order chi connectivity index (χ1) is 13.8. The Bertz CT molecular complexity index is 1150. The molecule has 140 valence electrons. The van der Waals surface area contributed by atoms with Crippen LogP contribution in [0.1, 0.15) is 31.7 Å². The number of nitriles is 1. The zero-order valence-corrected chi connectivity index (χ0v) is 16.2. The minimum Gasteiger partial charge on any atom is -0.479 e. The Morgan fingerprint density at radius 3 is 2.64 bits per heavy atom. The smallest absolute Gasteiger partial charge is 0.174 e. The maximum atomic E-state index is 8.69. The van der Waals surface area contributed by atoms with Gasteiger partial charge in [0.15, 0.2) is 6.61 Å². The lowest BCUT2D eigenvalue weighted by atomic mass is 9.98. The molecule has 4 rings (SSSR count). The van der Waals surface area contributed by atoms with Gasteiger partial charge < -0.3 is 9.72 Å². The van der Waals surface area contributed by atoms with Gasteiger partial charge in [0.2, 0.25) is 0 Å². The lowest BCUT2D eigenvalue weighted by Crippen LogP contribution is -1.93. The summed E-state index contributed by atoms with van der Waals surface area (Å²) >= 11 is 0. The van der Waals surface area contributed by atoms with Crippen LogP contribution in [0.15, 0.2) is 60.7 Å². The van der Waals surface area contributed by atoms with E-state index in [1.54, 1.807) is 0 Å². The van der Waals surface area contributed by atoms with Gasteiger partial charge in [-0.05, 0) is 59.0 Å². The van der Waals surface area contributed by atoms with Gasteiger partial charge in [-0.15, -0.1) is 0 Å². The molecule has 3 nitrogen and oxygen atoms in total. The third kappa shape index (κ3) is 3.59. The summed E-state index contributed by atoms with van der Waals surface area (Å²) in [6, 6.07) is 23.1. The quantitative estimate of drug-likeness (QED) is 0.372. The van der Waals surface area contributed by atoms with Crippen molar-refractivity contribution in [3.05, 3.63) is 66.2 Å². The van der Waals surface area contributed by atoms with E-state index in [2.05, 4.69) is 60.4 Å².